The molecule has 0 rings (SSSR count). The molecule has 4 heteroatoms. The third-order valence-corrected chi connectivity index (χ3v) is 1.06. The molecule has 60 valence electrons. The molecular weight excluding hydrogens is 243 g/mol. The molecule has 0 aliphatic rings. The largest absolute Gasteiger partial charge is 0.336 e. The average molecular weight is 256 g/mol. The molecule has 10 heavy (non-hydrogen) atoms. The maximum absolute atomic E-state index is 10.8. The minimum atomic E-state index is -0.100. The third-order valence-electron chi connectivity index (χ3n) is 0.750. The quantitative estimate of drug-likeness (QED) is 0.438. The van der Waals surface area contributed by atoms with Crippen LogP contribution in [0.15, 0.2) is 0 Å². The van der Waals surface area contributed by atoms with E-state index in [0.717, 1.165) is 0 Å². The predicted molar refractivity (Wildman–Crippen MR) is 50.3 cm³/mol. The summed E-state index contributed by atoms with van der Waals surface area (Å²) in [5.41, 5.74) is 0. The molecule has 2 amide bonds. The first-order valence-electron chi connectivity index (χ1n) is 3.23. The number of carbonyl (C=O) groups is 1. The molecule has 0 saturated carbocycles. The van der Waals surface area contributed by atoms with Crippen LogP contribution in [0.5, 0.6) is 0 Å². The number of halogens is 1. The van der Waals surface area contributed by atoms with Gasteiger partial charge in [-0.05, 0) is 20.8 Å². The molecule has 0 aromatic heterocycles. The molecule has 0 spiro atoms. The second kappa shape index (κ2) is 4.76. The van der Waals surface area contributed by atoms with E-state index in [1.807, 2.05) is 20.8 Å². The zero-order chi connectivity index (χ0) is 8.15. The molecule has 3 nitrogen and oxygen atoms in total. The first-order chi connectivity index (χ1) is 4.52. The Morgan fingerprint density at radius 3 is 2.10 bits per heavy atom. The van der Waals surface area contributed by atoms with Crippen LogP contribution in [0.2, 0.25) is 0 Å². The summed E-state index contributed by atoms with van der Waals surface area (Å²) in [6.45, 7) is 5.77. The number of amides is 2. The average Bonchev–Trinajstić information content (AvgIpc) is 1.58. The van der Waals surface area contributed by atoms with Crippen LogP contribution in [0.1, 0.15) is 20.8 Å². The second-order valence-electron chi connectivity index (χ2n) is 2.39. The molecule has 0 heterocycles. The van der Waals surface area contributed by atoms with Crippen LogP contribution in [-0.4, -0.2) is 16.1 Å². The topological polar surface area (TPSA) is 41.1 Å². The number of hydrogen-bond acceptors (Lipinski definition) is 1. The number of nitrogens with one attached hydrogen (secondary N) is 2. The lowest BCUT2D eigenvalue weighted by Crippen LogP contribution is -2.41. The maximum Gasteiger partial charge on any atom is 0.315 e. The van der Waals surface area contributed by atoms with Crippen LogP contribution >= 0.6 is 22.6 Å². The van der Waals surface area contributed by atoms with Crippen LogP contribution in [0.25, 0.3) is 0 Å². The van der Waals surface area contributed by atoms with E-state index in [9.17, 15) is 4.79 Å². The van der Waals surface area contributed by atoms with E-state index in [2.05, 4.69) is 33.2 Å². The van der Waals surface area contributed by atoms with Gasteiger partial charge in [0.1, 0.15) is 0 Å². The Bertz CT molecular complexity index is 102. The Hall–Kier alpha value is 0. The summed E-state index contributed by atoms with van der Waals surface area (Å²) in [6, 6.07) is 0.104. The zero-order valence-electron chi connectivity index (χ0n) is 6.44. The lowest BCUT2D eigenvalue weighted by Gasteiger charge is -2.10. The minimum Gasteiger partial charge on any atom is -0.336 e. The highest BCUT2D eigenvalue weighted by molar-refractivity contribution is 14.1. The molecule has 0 aromatic rings. The summed E-state index contributed by atoms with van der Waals surface area (Å²) >= 11 is 2.13. The van der Waals surface area contributed by atoms with Gasteiger partial charge in [0, 0.05) is 6.04 Å². The van der Waals surface area contributed by atoms with Crippen molar-refractivity contribution in [3.8, 4) is 0 Å². The van der Waals surface area contributed by atoms with Crippen molar-refractivity contribution in [2.24, 2.45) is 0 Å². The molecule has 0 bridgehead atoms. The van der Waals surface area contributed by atoms with Gasteiger partial charge in [-0.1, -0.05) is 22.6 Å². The molecule has 1 unspecified atom stereocenters. The molecule has 0 radical (unpaired) electrons. The highest BCUT2D eigenvalue weighted by Gasteiger charge is 2.02. The van der Waals surface area contributed by atoms with Crippen molar-refractivity contribution in [2.75, 3.05) is 0 Å². The van der Waals surface area contributed by atoms with Crippen molar-refractivity contribution in [3.05, 3.63) is 0 Å². The summed E-state index contributed by atoms with van der Waals surface area (Å²) in [4.78, 5) is 10.8. The van der Waals surface area contributed by atoms with Gasteiger partial charge in [-0.2, -0.15) is 0 Å². The van der Waals surface area contributed by atoms with Gasteiger partial charge in [-0.15, -0.1) is 0 Å². The fraction of sp³-hybridized carbons (Fsp3) is 0.833. The maximum atomic E-state index is 10.8. The van der Waals surface area contributed by atoms with Crippen molar-refractivity contribution < 1.29 is 4.79 Å². The molecule has 0 aliphatic heterocycles. The van der Waals surface area contributed by atoms with E-state index < -0.39 is 0 Å². The zero-order valence-corrected chi connectivity index (χ0v) is 8.60. The van der Waals surface area contributed by atoms with Crippen molar-refractivity contribution in [1.82, 2.24) is 10.6 Å². The van der Waals surface area contributed by atoms with E-state index in [1.54, 1.807) is 0 Å². The van der Waals surface area contributed by atoms with Gasteiger partial charge in [0.2, 0.25) is 0 Å². The Morgan fingerprint density at radius 1 is 1.30 bits per heavy atom. The summed E-state index contributed by atoms with van der Waals surface area (Å²) in [5.74, 6) is 0. The third kappa shape index (κ3) is 6.12. The van der Waals surface area contributed by atoms with Crippen LogP contribution in [0.4, 0.5) is 4.79 Å². The number of carbonyl (C=O) groups excluding carboxylic acids is 1. The fourth-order valence-corrected chi connectivity index (χ4v) is 0.767. The summed E-state index contributed by atoms with van der Waals surface area (Å²) in [5, 5.41) is 5.43. The Morgan fingerprint density at radius 2 is 1.80 bits per heavy atom. The normalized spacial score (nSPS) is 12.9. The van der Waals surface area contributed by atoms with Crippen LogP contribution in [0, 0.1) is 0 Å². The standard InChI is InChI=1S/C6H13IN2O/c1-4(2)8-6(10)9-5(3)7/h4-5H,1-3H3,(H2,8,9,10). The SMILES string of the molecule is CC(C)NC(=O)NC(C)I. The first kappa shape index (κ1) is 10.0. The van der Waals surface area contributed by atoms with Crippen LogP contribution in [-0.2, 0) is 0 Å². The van der Waals surface area contributed by atoms with Crippen molar-refractivity contribution in [2.45, 2.75) is 30.9 Å². The molecule has 2 N–H and O–H groups in total. The highest BCUT2D eigenvalue weighted by atomic mass is 127. The first-order valence-corrected chi connectivity index (χ1v) is 4.48. The van der Waals surface area contributed by atoms with E-state index in [4.69, 9.17) is 0 Å². The molecule has 0 fully saturated rings. The van der Waals surface area contributed by atoms with Crippen molar-refractivity contribution in [3.63, 3.8) is 0 Å². The molecule has 1 atom stereocenters. The summed E-state index contributed by atoms with van der Waals surface area (Å²) < 4.78 is 0.177. The number of alkyl halides is 1. The number of urea groups is 1. The highest BCUT2D eigenvalue weighted by Crippen LogP contribution is 1.91. The smallest absolute Gasteiger partial charge is 0.315 e. The Labute approximate surface area is 75.1 Å². The minimum absolute atomic E-state index is 0.100. The monoisotopic (exact) mass is 256 g/mol. The molecule has 0 aliphatic carbocycles. The second-order valence-corrected chi connectivity index (χ2v) is 4.26. The summed E-state index contributed by atoms with van der Waals surface area (Å²) in [6.07, 6.45) is 0. The van der Waals surface area contributed by atoms with E-state index in [1.165, 1.54) is 0 Å². The van der Waals surface area contributed by atoms with Gasteiger partial charge in [-0.3, -0.25) is 0 Å². The number of rotatable bonds is 2. The lowest BCUT2D eigenvalue weighted by atomic mass is 10.4. The Kier molecular flexibility index (Phi) is 4.76. The summed E-state index contributed by atoms with van der Waals surface area (Å²) in [7, 11) is 0. The van der Waals surface area contributed by atoms with Gasteiger partial charge >= 0.3 is 6.03 Å². The lowest BCUT2D eigenvalue weighted by molar-refractivity contribution is 0.238. The van der Waals surface area contributed by atoms with E-state index >= 15 is 0 Å². The Balaban J connectivity index is 3.44. The van der Waals surface area contributed by atoms with Crippen LogP contribution in [0.3, 0.4) is 0 Å². The van der Waals surface area contributed by atoms with Gasteiger partial charge in [0.25, 0.3) is 0 Å². The van der Waals surface area contributed by atoms with Crippen LogP contribution < -0.4 is 10.6 Å². The predicted octanol–water partition coefficient (Wildman–Crippen LogP) is 1.48. The van der Waals surface area contributed by atoms with Gasteiger partial charge in [-0.25, -0.2) is 4.79 Å². The van der Waals surface area contributed by atoms with E-state index in [0.29, 0.717) is 0 Å². The van der Waals surface area contributed by atoms with Crippen molar-refractivity contribution >= 4 is 28.6 Å². The molecule has 0 aromatic carbocycles. The van der Waals surface area contributed by atoms with Gasteiger partial charge in [0.05, 0.1) is 4.05 Å². The fourth-order valence-electron chi connectivity index (χ4n) is 0.484. The molecule has 0 saturated heterocycles. The van der Waals surface area contributed by atoms with E-state index in [-0.39, 0.29) is 16.1 Å². The molecular formula is C6H13IN2O. The number of hydrogen-bond donors (Lipinski definition) is 2. The van der Waals surface area contributed by atoms with Gasteiger partial charge < -0.3 is 10.6 Å². The van der Waals surface area contributed by atoms with Gasteiger partial charge in [0.15, 0.2) is 0 Å². The van der Waals surface area contributed by atoms with Crippen molar-refractivity contribution in [1.29, 1.82) is 0 Å².